The molecule has 0 atom stereocenters. The Morgan fingerprint density at radius 3 is 2.92 bits per heavy atom. The van der Waals surface area contributed by atoms with Gasteiger partial charge in [-0.05, 0) is 18.2 Å². The molecule has 0 amide bonds. The number of rotatable bonds is 0. The SMILES string of the molecule is N#Cc1sc2cc(S)ccc2c1O. The fourth-order valence-corrected chi connectivity index (χ4v) is 2.37. The maximum absolute atomic E-state index is 9.54. The highest BCUT2D eigenvalue weighted by atomic mass is 32.1. The third-order valence-electron chi connectivity index (χ3n) is 1.75. The second-order valence-corrected chi connectivity index (χ2v) is 4.14. The standard InChI is InChI=1S/C9H5NOS2/c10-4-8-9(11)6-2-1-5(12)3-7(6)13-8/h1-3,11-12H. The van der Waals surface area contributed by atoms with Crippen molar-refractivity contribution in [3.05, 3.63) is 23.1 Å². The Labute approximate surface area is 84.5 Å². The second kappa shape index (κ2) is 2.95. The monoisotopic (exact) mass is 207 g/mol. The average Bonchev–Trinajstić information content (AvgIpc) is 2.42. The molecular weight excluding hydrogens is 202 g/mol. The fourth-order valence-electron chi connectivity index (χ4n) is 1.15. The number of aromatic hydroxyl groups is 1. The lowest BCUT2D eigenvalue weighted by Gasteiger charge is -1.91. The Morgan fingerprint density at radius 2 is 2.23 bits per heavy atom. The van der Waals surface area contributed by atoms with Crippen molar-refractivity contribution in [2.24, 2.45) is 0 Å². The molecule has 0 aliphatic heterocycles. The van der Waals surface area contributed by atoms with Gasteiger partial charge in [-0.2, -0.15) is 5.26 Å². The summed E-state index contributed by atoms with van der Waals surface area (Å²) >= 11 is 5.45. The van der Waals surface area contributed by atoms with Gasteiger partial charge in [-0.3, -0.25) is 0 Å². The molecular formula is C9H5NOS2. The molecule has 0 bridgehead atoms. The van der Waals surface area contributed by atoms with Crippen LogP contribution in [0.5, 0.6) is 5.75 Å². The summed E-state index contributed by atoms with van der Waals surface area (Å²) in [6.45, 7) is 0. The van der Waals surface area contributed by atoms with Gasteiger partial charge in [0.2, 0.25) is 0 Å². The summed E-state index contributed by atoms with van der Waals surface area (Å²) in [5, 5.41) is 18.9. The van der Waals surface area contributed by atoms with E-state index in [4.69, 9.17) is 5.26 Å². The van der Waals surface area contributed by atoms with E-state index < -0.39 is 0 Å². The summed E-state index contributed by atoms with van der Waals surface area (Å²) < 4.78 is 0.890. The highest BCUT2D eigenvalue weighted by molar-refractivity contribution is 7.80. The molecule has 0 saturated carbocycles. The molecule has 64 valence electrons. The van der Waals surface area contributed by atoms with Crippen molar-refractivity contribution in [1.82, 2.24) is 0 Å². The van der Waals surface area contributed by atoms with Crippen molar-refractivity contribution in [2.45, 2.75) is 4.90 Å². The smallest absolute Gasteiger partial charge is 0.152 e. The van der Waals surface area contributed by atoms with Crippen LogP contribution in [0.15, 0.2) is 23.1 Å². The van der Waals surface area contributed by atoms with E-state index in [1.165, 1.54) is 11.3 Å². The van der Waals surface area contributed by atoms with Crippen molar-refractivity contribution in [2.75, 3.05) is 0 Å². The number of hydrogen-bond acceptors (Lipinski definition) is 4. The van der Waals surface area contributed by atoms with Crippen LogP contribution >= 0.6 is 24.0 Å². The van der Waals surface area contributed by atoms with Gasteiger partial charge >= 0.3 is 0 Å². The first kappa shape index (κ1) is 8.42. The zero-order chi connectivity index (χ0) is 9.42. The Bertz CT molecular complexity index is 510. The predicted octanol–water partition coefficient (Wildman–Crippen LogP) is 2.77. The van der Waals surface area contributed by atoms with E-state index in [1.54, 1.807) is 12.1 Å². The number of nitrogens with zero attached hydrogens (tertiary/aromatic N) is 1. The lowest BCUT2D eigenvalue weighted by atomic mass is 10.2. The topological polar surface area (TPSA) is 44.0 Å². The maximum atomic E-state index is 9.54. The molecule has 1 heterocycles. The lowest BCUT2D eigenvalue weighted by Crippen LogP contribution is -1.66. The van der Waals surface area contributed by atoms with E-state index >= 15 is 0 Å². The molecule has 1 N–H and O–H groups in total. The van der Waals surface area contributed by atoms with Gasteiger partial charge in [0.15, 0.2) is 5.75 Å². The van der Waals surface area contributed by atoms with Crippen LogP contribution in [0, 0.1) is 11.3 Å². The quantitative estimate of drug-likeness (QED) is 0.652. The number of thiophene rings is 1. The first-order chi connectivity index (χ1) is 6.22. The third kappa shape index (κ3) is 1.26. The van der Waals surface area contributed by atoms with Crippen LogP contribution in [0.2, 0.25) is 0 Å². The summed E-state index contributed by atoms with van der Waals surface area (Å²) in [5.41, 5.74) is 0. The molecule has 0 aliphatic rings. The summed E-state index contributed by atoms with van der Waals surface area (Å²) in [5.74, 6) is 0.0795. The molecule has 0 unspecified atom stereocenters. The summed E-state index contributed by atoms with van der Waals surface area (Å²) in [4.78, 5) is 1.19. The van der Waals surface area contributed by atoms with Gasteiger partial charge in [-0.25, -0.2) is 0 Å². The molecule has 1 aromatic carbocycles. The first-order valence-electron chi connectivity index (χ1n) is 3.57. The van der Waals surface area contributed by atoms with E-state index in [0.717, 1.165) is 15.0 Å². The molecule has 0 saturated heterocycles. The second-order valence-electron chi connectivity index (χ2n) is 2.57. The number of fused-ring (bicyclic) bond motifs is 1. The molecule has 13 heavy (non-hydrogen) atoms. The van der Waals surface area contributed by atoms with Crippen LogP contribution in [0.3, 0.4) is 0 Å². The minimum absolute atomic E-state index is 0.0795. The van der Waals surface area contributed by atoms with E-state index in [1.807, 2.05) is 12.1 Å². The van der Waals surface area contributed by atoms with Crippen LogP contribution in [0.25, 0.3) is 10.1 Å². The van der Waals surface area contributed by atoms with E-state index in [2.05, 4.69) is 12.6 Å². The number of nitriles is 1. The van der Waals surface area contributed by atoms with Crippen LogP contribution in [0.1, 0.15) is 4.88 Å². The summed E-state index contributed by atoms with van der Waals surface area (Å²) in [6.07, 6.45) is 0. The largest absolute Gasteiger partial charge is 0.505 e. The Hall–Kier alpha value is -1.18. The van der Waals surface area contributed by atoms with Gasteiger partial charge in [-0.15, -0.1) is 24.0 Å². The van der Waals surface area contributed by atoms with Gasteiger partial charge in [0, 0.05) is 15.0 Å². The van der Waals surface area contributed by atoms with Crippen LogP contribution in [0.4, 0.5) is 0 Å². The van der Waals surface area contributed by atoms with Crippen molar-refractivity contribution >= 4 is 34.1 Å². The number of benzene rings is 1. The van der Waals surface area contributed by atoms with Gasteiger partial charge in [0.1, 0.15) is 10.9 Å². The predicted molar refractivity (Wildman–Crippen MR) is 55.5 cm³/mol. The van der Waals surface area contributed by atoms with Crippen molar-refractivity contribution < 1.29 is 5.11 Å². The van der Waals surface area contributed by atoms with E-state index in [9.17, 15) is 5.11 Å². The van der Waals surface area contributed by atoms with Crippen LogP contribution in [-0.2, 0) is 0 Å². The number of thiol groups is 1. The third-order valence-corrected chi connectivity index (χ3v) is 3.07. The Morgan fingerprint density at radius 1 is 1.46 bits per heavy atom. The molecule has 0 fully saturated rings. The Balaban J connectivity index is 2.86. The Kier molecular flexibility index (Phi) is 1.91. The van der Waals surface area contributed by atoms with Gasteiger partial charge < -0.3 is 5.11 Å². The van der Waals surface area contributed by atoms with Gasteiger partial charge in [0.05, 0.1) is 0 Å². The van der Waals surface area contributed by atoms with Crippen LogP contribution < -0.4 is 0 Å². The summed E-state index contributed by atoms with van der Waals surface area (Å²) in [6, 6.07) is 7.34. The zero-order valence-electron chi connectivity index (χ0n) is 6.48. The molecule has 0 aliphatic carbocycles. The van der Waals surface area contributed by atoms with Crippen molar-refractivity contribution in [3.63, 3.8) is 0 Å². The lowest BCUT2D eigenvalue weighted by molar-refractivity contribution is 0.482. The summed E-state index contributed by atoms with van der Waals surface area (Å²) in [7, 11) is 0. The molecule has 0 radical (unpaired) electrons. The highest BCUT2D eigenvalue weighted by Crippen LogP contribution is 2.36. The normalized spacial score (nSPS) is 10.2. The van der Waals surface area contributed by atoms with Crippen molar-refractivity contribution in [3.8, 4) is 11.8 Å². The molecule has 4 heteroatoms. The number of hydrogen-bond donors (Lipinski definition) is 2. The highest BCUT2D eigenvalue weighted by Gasteiger charge is 2.09. The minimum Gasteiger partial charge on any atom is -0.505 e. The van der Waals surface area contributed by atoms with Crippen LogP contribution in [-0.4, -0.2) is 5.11 Å². The first-order valence-corrected chi connectivity index (χ1v) is 4.83. The molecule has 2 nitrogen and oxygen atoms in total. The zero-order valence-corrected chi connectivity index (χ0v) is 8.19. The molecule has 2 rings (SSSR count). The minimum atomic E-state index is 0.0795. The van der Waals surface area contributed by atoms with Gasteiger partial charge in [-0.1, -0.05) is 0 Å². The fraction of sp³-hybridized carbons (Fsp3) is 0. The van der Waals surface area contributed by atoms with Crippen molar-refractivity contribution in [1.29, 1.82) is 5.26 Å². The molecule has 1 aromatic heterocycles. The average molecular weight is 207 g/mol. The molecule has 2 aromatic rings. The van der Waals surface area contributed by atoms with Gasteiger partial charge in [0.25, 0.3) is 0 Å². The van der Waals surface area contributed by atoms with E-state index in [-0.39, 0.29) is 5.75 Å². The maximum Gasteiger partial charge on any atom is 0.152 e. The van der Waals surface area contributed by atoms with E-state index in [0.29, 0.717) is 4.88 Å². The molecule has 0 spiro atoms.